The lowest BCUT2D eigenvalue weighted by Gasteiger charge is -2.61. The number of fused-ring (bicyclic) bond motifs is 11. The number of rotatable bonds is 5. The van der Waals surface area contributed by atoms with Crippen molar-refractivity contribution in [1.82, 2.24) is 0 Å². The van der Waals surface area contributed by atoms with Crippen molar-refractivity contribution in [3.8, 4) is 44.5 Å². The average molecular weight is 869 g/mol. The maximum absolute atomic E-state index is 13.9. The van der Waals surface area contributed by atoms with E-state index in [0.29, 0.717) is 0 Å². The summed E-state index contributed by atoms with van der Waals surface area (Å²) < 4.78 is 20.7. The van der Waals surface area contributed by atoms with Gasteiger partial charge in [-0.3, -0.25) is 0 Å². The van der Waals surface area contributed by atoms with Crippen LogP contribution >= 0.6 is 0 Å². The zero-order valence-electron chi connectivity index (χ0n) is 37.9. The number of furan rings is 1. The fourth-order valence-corrected chi connectivity index (χ4v) is 15.9. The first-order valence-corrected chi connectivity index (χ1v) is 25.3. The van der Waals surface area contributed by atoms with Crippen molar-refractivity contribution in [1.29, 1.82) is 0 Å². The van der Waals surface area contributed by atoms with Crippen LogP contribution in [-0.2, 0) is 10.8 Å². The lowest BCUT2D eigenvalue weighted by atomic mass is 9.43. The van der Waals surface area contributed by atoms with E-state index in [2.05, 4.69) is 146 Å². The van der Waals surface area contributed by atoms with Crippen molar-refractivity contribution in [3.63, 3.8) is 0 Å². The van der Waals surface area contributed by atoms with Crippen LogP contribution in [-0.4, -0.2) is 0 Å². The van der Waals surface area contributed by atoms with Gasteiger partial charge in [-0.2, -0.15) is 0 Å². The van der Waals surface area contributed by atoms with Gasteiger partial charge in [-0.1, -0.05) is 147 Å². The molecule has 0 saturated heterocycles. The molecule has 0 aliphatic heterocycles. The second-order valence-corrected chi connectivity index (χ2v) is 21.6. The molecule has 67 heavy (non-hydrogen) atoms. The van der Waals surface area contributed by atoms with Gasteiger partial charge in [-0.25, -0.2) is 4.39 Å². The van der Waals surface area contributed by atoms with Gasteiger partial charge >= 0.3 is 0 Å². The minimum atomic E-state index is -0.215. The predicted octanol–water partition coefficient (Wildman–Crippen LogP) is 17.2. The highest BCUT2D eigenvalue weighted by atomic mass is 19.1. The summed E-state index contributed by atoms with van der Waals surface area (Å²) in [6.45, 7) is 0. The maximum Gasteiger partial charge on any atom is 0.136 e. The molecule has 326 valence electrons. The Morgan fingerprint density at radius 2 is 1.00 bits per heavy atom. The molecule has 8 aromatic carbocycles. The van der Waals surface area contributed by atoms with Crippen LogP contribution in [0.2, 0.25) is 0 Å². The highest BCUT2D eigenvalue weighted by Crippen LogP contribution is 2.69. The van der Waals surface area contributed by atoms with E-state index in [4.69, 9.17) is 4.42 Å². The van der Waals surface area contributed by atoms with Crippen LogP contribution in [0.5, 0.6) is 0 Å². The van der Waals surface area contributed by atoms with E-state index in [-0.39, 0.29) is 22.6 Å². The molecular formula is C65H53FO. The Balaban J connectivity index is 0.834. The van der Waals surface area contributed by atoms with E-state index >= 15 is 0 Å². The Hall–Kier alpha value is -6.51. The standard InChI is InChI=1S/C65H53FO/c66-50-22-16-42(17-23-50)41-12-14-43(15-13-41)63(47-19-24-53-51-8-2-4-10-57(51)64(60(53)37-47)28-6-1-7-29-64)46-21-27-61-56(36-46)54-25-18-45(38-62(54)67-61)44-20-26-59-55(35-44)52-9-3-5-11-58(52)65(59)48-31-39-30-40(33-48)34-49(65)32-39/h2-5,8-27,35-40,48-49,63H,1,6-7,28-34H2. The second kappa shape index (κ2) is 14.3. The van der Waals surface area contributed by atoms with Crippen molar-refractivity contribution in [2.75, 3.05) is 0 Å². The highest BCUT2D eigenvalue weighted by Gasteiger charge is 2.61. The molecule has 7 aliphatic rings. The Morgan fingerprint density at radius 1 is 0.418 bits per heavy atom. The molecular weight excluding hydrogens is 816 g/mol. The van der Waals surface area contributed by atoms with Crippen molar-refractivity contribution in [2.24, 2.45) is 23.7 Å². The number of hydrogen-bond acceptors (Lipinski definition) is 1. The monoisotopic (exact) mass is 868 g/mol. The number of benzene rings is 8. The molecule has 4 bridgehead atoms. The average Bonchev–Trinajstić information content (AvgIpc) is 3.97. The van der Waals surface area contributed by atoms with Crippen LogP contribution < -0.4 is 0 Å². The van der Waals surface area contributed by atoms with E-state index in [1.165, 1.54) is 125 Å². The topological polar surface area (TPSA) is 13.1 Å². The van der Waals surface area contributed by atoms with Gasteiger partial charge in [0.2, 0.25) is 0 Å². The summed E-state index contributed by atoms with van der Waals surface area (Å²) in [5.74, 6) is 3.19. The minimum Gasteiger partial charge on any atom is -0.456 e. The van der Waals surface area contributed by atoms with Gasteiger partial charge in [0.05, 0.1) is 0 Å². The van der Waals surface area contributed by atoms with E-state index in [0.717, 1.165) is 56.7 Å². The molecule has 1 unspecified atom stereocenters. The molecule has 7 aliphatic carbocycles. The summed E-state index contributed by atoms with van der Waals surface area (Å²) in [4.78, 5) is 0. The fourth-order valence-electron chi connectivity index (χ4n) is 15.9. The third-order valence-electron chi connectivity index (χ3n) is 18.5. The zero-order chi connectivity index (χ0) is 44.0. The third kappa shape index (κ3) is 5.48. The molecule has 0 amide bonds. The normalized spacial score (nSPS) is 24.0. The molecule has 5 saturated carbocycles. The first-order valence-electron chi connectivity index (χ1n) is 25.3. The van der Waals surface area contributed by atoms with E-state index in [9.17, 15) is 4.39 Å². The molecule has 1 atom stereocenters. The van der Waals surface area contributed by atoms with Crippen LogP contribution in [0.25, 0.3) is 66.4 Å². The summed E-state index contributed by atoms with van der Waals surface area (Å²) in [5.41, 5.74) is 22.4. The van der Waals surface area contributed by atoms with Crippen LogP contribution in [0.4, 0.5) is 4.39 Å². The summed E-state index contributed by atoms with van der Waals surface area (Å²) in [6, 6.07) is 63.0. The van der Waals surface area contributed by atoms with Gasteiger partial charge in [-0.05, 0) is 195 Å². The van der Waals surface area contributed by atoms with Gasteiger partial charge < -0.3 is 4.42 Å². The predicted molar refractivity (Wildman–Crippen MR) is 271 cm³/mol. The van der Waals surface area contributed by atoms with Crippen LogP contribution in [0.15, 0.2) is 174 Å². The Kier molecular flexibility index (Phi) is 8.21. The minimum absolute atomic E-state index is 0.00221. The molecule has 0 radical (unpaired) electrons. The highest BCUT2D eigenvalue weighted by molar-refractivity contribution is 6.06. The first kappa shape index (κ1) is 38.6. The van der Waals surface area contributed by atoms with Gasteiger partial charge in [0.15, 0.2) is 0 Å². The molecule has 5 fully saturated rings. The molecule has 0 N–H and O–H groups in total. The smallest absolute Gasteiger partial charge is 0.136 e. The molecule has 9 aromatic rings. The molecule has 1 nitrogen and oxygen atoms in total. The van der Waals surface area contributed by atoms with E-state index in [1.807, 2.05) is 12.1 Å². The third-order valence-corrected chi connectivity index (χ3v) is 18.5. The molecule has 2 spiro atoms. The largest absolute Gasteiger partial charge is 0.456 e. The Bertz CT molecular complexity index is 3440. The van der Waals surface area contributed by atoms with Gasteiger partial charge in [-0.15, -0.1) is 0 Å². The van der Waals surface area contributed by atoms with Gasteiger partial charge in [0.25, 0.3) is 0 Å². The number of hydrogen-bond donors (Lipinski definition) is 0. The quantitative estimate of drug-likeness (QED) is 0.157. The lowest BCUT2D eigenvalue weighted by Crippen LogP contribution is -2.55. The Labute approximate surface area is 392 Å². The maximum atomic E-state index is 13.9. The summed E-state index contributed by atoms with van der Waals surface area (Å²) >= 11 is 0. The molecule has 1 aromatic heterocycles. The van der Waals surface area contributed by atoms with Gasteiger partial charge in [0.1, 0.15) is 17.0 Å². The fraction of sp³-hybridized carbons (Fsp3) is 0.262. The van der Waals surface area contributed by atoms with Crippen LogP contribution in [0.3, 0.4) is 0 Å². The van der Waals surface area contributed by atoms with Crippen molar-refractivity contribution < 1.29 is 8.81 Å². The van der Waals surface area contributed by atoms with E-state index < -0.39 is 0 Å². The van der Waals surface area contributed by atoms with Crippen LogP contribution in [0.1, 0.15) is 109 Å². The van der Waals surface area contributed by atoms with Crippen molar-refractivity contribution >= 4 is 21.9 Å². The zero-order valence-corrected chi connectivity index (χ0v) is 37.9. The summed E-state index contributed by atoms with van der Waals surface area (Å²) in [7, 11) is 0. The van der Waals surface area contributed by atoms with Crippen molar-refractivity contribution in [3.05, 3.63) is 215 Å². The van der Waals surface area contributed by atoms with Gasteiger partial charge in [0, 0.05) is 27.5 Å². The first-order chi connectivity index (χ1) is 33.0. The molecule has 1 heterocycles. The lowest BCUT2D eigenvalue weighted by molar-refractivity contribution is -0.0399. The SMILES string of the molecule is Fc1ccc(-c2ccc(C(c3ccc4c(c3)C3(CCCCC3)c3ccccc3-4)c3ccc4oc5cc(-c6ccc7c(c6)-c6ccccc6C76C7CC8CC(C7)CC6C8)ccc5c4c3)cc2)cc1. The van der Waals surface area contributed by atoms with Crippen LogP contribution in [0, 0.1) is 29.5 Å². The number of halogens is 1. The summed E-state index contributed by atoms with van der Waals surface area (Å²) in [6.07, 6.45) is 13.3. The Morgan fingerprint density at radius 3 is 1.76 bits per heavy atom. The molecule has 2 heteroatoms. The van der Waals surface area contributed by atoms with E-state index in [1.54, 1.807) is 23.3 Å². The van der Waals surface area contributed by atoms with Crippen molar-refractivity contribution in [2.45, 2.75) is 81.0 Å². The molecule has 16 rings (SSSR count). The second-order valence-electron chi connectivity index (χ2n) is 21.6. The summed E-state index contributed by atoms with van der Waals surface area (Å²) in [5, 5.41) is 2.30.